The molecule has 3 rings (SSSR count). The van der Waals surface area contributed by atoms with Crippen molar-refractivity contribution in [3.05, 3.63) is 40.9 Å². The van der Waals surface area contributed by atoms with Crippen LogP contribution in [0.2, 0.25) is 5.02 Å². The van der Waals surface area contributed by atoms with E-state index in [4.69, 9.17) is 16.3 Å². The summed E-state index contributed by atoms with van der Waals surface area (Å²) in [5.74, 6) is 0.635. The number of thiazole rings is 1. The van der Waals surface area contributed by atoms with E-state index in [1.165, 1.54) is 0 Å². The summed E-state index contributed by atoms with van der Waals surface area (Å²) in [6, 6.07) is 7.06. The van der Waals surface area contributed by atoms with Gasteiger partial charge in [-0.3, -0.25) is 4.79 Å². The lowest BCUT2D eigenvalue weighted by atomic mass is 10.1. The number of carbonyl (C=O) groups excluding carboxylic acids is 1. The van der Waals surface area contributed by atoms with Gasteiger partial charge in [-0.25, -0.2) is 4.98 Å². The van der Waals surface area contributed by atoms with Crippen LogP contribution in [0.3, 0.4) is 0 Å². The molecule has 0 aliphatic carbocycles. The van der Waals surface area contributed by atoms with Gasteiger partial charge in [0.15, 0.2) is 10.7 Å². The Bertz CT molecular complexity index is 680. The number of aromatic nitrogens is 1. The Labute approximate surface area is 150 Å². The van der Waals surface area contributed by atoms with Crippen molar-refractivity contribution >= 4 is 34.0 Å². The van der Waals surface area contributed by atoms with Crippen LogP contribution in [-0.4, -0.2) is 47.6 Å². The average Bonchev–Trinajstić information content (AvgIpc) is 3.11. The van der Waals surface area contributed by atoms with E-state index in [0.717, 1.165) is 18.2 Å². The van der Waals surface area contributed by atoms with Crippen molar-refractivity contribution in [3.63, 3.8) is 0 Å². The van der Waals surface area contributed by atoms with Gasteiger partial charge < -0.3 is 14.5 Å². The molecule has 1 fully saturated rings. The van der Waals surface area contributed by atoms with E-state index in [0.29, 0.717) is 23.9 Å². The van der Waals surface area contributed by atoms with Gasteiger partial charge >= 0.3 is 0 Å². The molecule has 7 heteroatoms. The summed E-state index contributed by atoms with van der Waals surface area (Å²) in [6.45, 7) is 6.53. The van der Waals surface area contributed by atoms with E-state index in [-0.39, 0.29) is 5.91 Å². The Morgan fingerprint density at radius 3 is 2.46 bits per heavy atom. The van der Waals surface area contributed by atoms with Gasteiger partial charge in [0.05, 0.1) is 0 Å². The van der Waals surface area contributed by atoms with Gasteiger partial charge in [0.2, 0.25) is 0 Å². The monoisotopic (exact) mass is 365 g/mol. The maximum Gasteiger partial charge on any atom is 0.266 e. The quantitative estimate of drug-likeness (QED) is 0.834. The van der Waals surface area contributed by atoms with Crippen LogP contribution in [0.15, 0.2) is 35.8 Å². The zero-order chi connectivity index (χ0) is 17.2. The Morgan fingerprint density at radius 2 is 1.88 bits per heavy atom. The zero-order valence-electron chi connectivity index (χ0n) is 13.7. The van der Waals surface area contributed by atoms with Crippen LogP contribution in [0.25, 0.3) is 0 Å². The number of anilines is 1. The highest BCUT2D eigenvalue weighted by atomic mass is 35.5. The van der Waals surface area contributed by atoms with Crippen molar-refractivity contribution in [3.8, 4) is 5.75 Å². The highest BCUT2D eigenvalue weighted by molar-refractivity contribution is 7.13. The molecule has 1 aliphatic rings. The van der Waals surface area contributed by atoms with Crippen molar-refractivity contribution in [1.82, 2.24) is 9.88 Å². The van der Waals surface area contributed by atoms with Crippen molar-refractivity contribution in [2.24, 2.45) is 0 Å². The molecule has 1 saturated heterocycles. The normalized spacial score (nSPS) is 15.5. The number of carbonyl (C=O) groups is 1. The summed E-state index contributed by atoms with van der Waals surface area (Å²) in [5, 5.41) is 3.62. The summed E-state index contributed by atoms with van der Waals surface area (Å²) in [6.07, 6.45) is 1.81. The van der Waals surface area contributed by atoms with E-state index < -0.39 is 5.60 Å². The number of amides is 1. The Hall–Kier alpha value is -1.79. The largest absolute Gasteiger partial charge is 0.478 e. The number of benzene rings is 1. The molecule has 5 nitrogen and oxygen atoms in total. The minimum atomic E-state index is -0.919. The Balaban J connectivity index is 1.60. The van der Waals surface area contributed by atoms with Gasteiger partial charge in [-0.15, -0.1) is 11.3 Å². The molecular weight excluding hydrogens is 346 g/mol. The topological polar surface area (TPSA) is 45.7 Å². The van der Waals surface area contributed by atoms with Gasteiger partial charge in [-0.05, 0) is 38.1 Å². The molecule has 0 radical (unpaired) electrons. The average molecular weight is 366 g/mol. The Kier molecular flexibility index (Phi) is 4.96. The van der Waals surface area contributed by atoms with Crippen LogP contribution in [0, 0.1) is 0 Å². The first kappa shape index (κ1) is 17.0. The molecule has 0 saturated carbocycles. The fourth-order valence-corrected chi connectivity index (χ4v) is 3.52. The van der Waals surface area contributed by atoms with E-state index >= 15 is 0 Å². The molecule has 2 heterocycles. The minimum Gasteiger partial charge on any atom is -0.478 e. The minimum absolute atomic E-state index is 0.00348. The van der Waals surface area contributed by atoms with Crippen molar-refractivity contribution in [1.29, 1.82) is 0 Å². The summed E-state index contributed by atoms with van der Waals surface area (Å²) >= 11 is 7.51. The van der Waals surface area contributed by atoms with Crippen LogP contribution in [0.1, 0.15) is 13.8 Å². The van der Waals surface area contributed by atoms with Gasteiger partial charge in [-0.2, -0.15) is 0 Å². The first-order valence-electron chi connectivity index (χ1n) is 7.84. The number of piperazine rings is 1. The molecule has 128 valence electrons. The fourth-order valence-electron chi connectivity index (χ4n) is 2.69. The molecule has 1 aromatic heterocycles. The summed E-state index contributed by atoms with van der Waals surface area (Å²) < 4.78 is 5.90. The lowest BCUT2D eigenvalue weighted by Gasteiger charge is -2.38. The zero-order valence-corrected chi connectivity index (χ0v) is 15.3. The van der Waals surface area contributed by atoms with E-state index in [1.54, 1.807) is 55.6 Å². The van der Waals surface area contributed by atoms with Crippen molar-refractivity contribution in [2.45, 2.75) is 19.4 Å². The number of halogens is 1. The summed E-state index contributed by atoms with van der Waals surface area (Å²) in [7, 11) is 0. The Morgan fingerprint density at radius 1 is 1.21 bits per heavy atom. The SMILES string of the molecule is CC(C)(Oc1ccc(Cl)cc1)C(=O)N1CCN(c2nccs2)CC1. The third kappa shape index (κ3) is 3.82. The molecular formula is C17H20ClN3O2S. The van der Waals surface area contributed by atoms with Crippen LogP contribution in [0.5, 0.6) is 5.75 Å². The third-order valence-electron chi connectivity index (χ3n) is 3.96. The molecule has 0 unspecified atom stereocenters. The summed E-state index contributed by atoms with van der Waals surface area (Å²) in [4.78, 5) is 21.2. The predicted molar refractivity (Wildman–Crippen MR) is 97.1 cm³/mol. The van der Waals surface area contributed by atoms with Crippen molar-refractivity contribution < 1.29 is 9.53 Å². The lowest BCUT2D eigenvalue weighted by molar-refractivity contribution is -0.145. The van der Waals surface area contributed by atoms with Gasteiger partial charge in [-0.1, -0.05) is 11.6 Å². The second kappa shape index (κ2) is 6.99. The number of nitrogens with zero attached hydrogens (tertiary/aromatic N) is 3. The molecule has 0 bridgehead atoms. The van der Waals surface area contributed by atoms with Gasteiger partial charge in [0.25, 0.3) is 5.91 Å². The maximum atomic E-state index is 12.8. The molecule has 0 atom stereocenters. The molecule has 1 aromatic carbocycles. The molecule has 0 spiro atoms. The van der Waals surface area contributed by atoms with E-state index in [9.17, 15) is 4.79 Å². The second-order valence-electron chi connectivity index (χ2n) is 6.16. The highest BCUT2D eigenvalue weighted by Gasteiger charge is 2.35. The fraction of sp³-hybridized carbons (Fsp3) is 0.412. The first-order chi connectivity index (χ1) is 11.5. The van der Waals surface area contributed by atoms with Gasteiger partial charge in [0.1, 0.15) is 5.75 Å². The first-order valence-corrected chi connectivity index (χ1v) is 9.10. The number of hydrogen-bond acceptors (Lipinski definition) is 5. The van der Waals surface area contributed by atoms with Crippen LogP contribution < -0.4 is 9.64 Å². The lowest BCUT2D eigenvalue weighted by Crippen LogP contribution is -2.55. The van der Waals surface area contributed by atoms with Crippen molar-refractivity contribution in [2.75, 3.05) is 31.1 Å². The van der Waals surface area contributed by atoms with Crippen LogP contribution >= 0.6 is 22.9 Å². The van der Waals surface area contributed by atoms with E-state index in [2.05, 4.69) is 9.88 Å². The molecule has 24 heavy (non-hydrogen) atoms. The van der Waals surface area contributed by atoms with Crippen LogP contribution in [0.4, 0.5) is 5.13 Å². The van der Waals surface area contributed by atoms with E-state index in [1.807, 2.05) is 10.3 Å². The second-order valence-corrected chi connectivity index (χ2v) is 7.47. The van der Waals surface area contributed by atoms with Crippen LogP contribution in [-0.2, 0) is 4.79 Å². The maximum absolute atomic E-state index is 12.8. The smallest absolute Gasteiger partial charge is 0.266 e. The molecule has 2 aromatic rings. The number of rotatable bonds is 4. The molecule has 0 N–H and O–H groups in total. The highest BCUT2D eigenvalue weighted by Crippen LogP contribution is 2.24. The molecule has 1 aliphatic heterocycles. The predicted octanol–water partition coefficient (Wildman–Crippen LogP) is 3.30. The number of hydrogen-bond donors (Lipinski definition) is 0. The standard InChI is InChI=1S/C17H20ClN3O2S/c1-17(2,23-14-5-3-13(18)4-6-14)15(22)20-8-10-21(11-9-20)16-19-7-12-24-16/h3-7,12H,8-11H2,1-2H3. The van der Waals surface area contributed by atoms with Gasteiger partial charge in [0, 0.05) is 42.8 Å². The summed E-state index contributed by atoms with van der Waals surface area (Å²) in [5.41, 5.74) is -0.919. The molecule has 1 amide bonds. The third-order valence-corrected chi connectivity index (χ3v) is 5.04. The number of ether oxygens (including phenoxy) is 1.